The van der Waals surface area contributed by atoms with Crippen molar-refractivity contribution in [2.75, 3.05) is 0 Å². The van der Waals surface area contributed by atoms with Gasteiger partial charge in [-0.25, -0.2) is 4.98 Å². The summed E-state index contributed by atoms with van der Waals surface area (Å²) >= 11 is 3.83. The zero-order chi connectivity index (χ0) is 31.1. The third-order valence-electron chi connectivity index (χ3n) is 10.1. The van der Waals surface area contributed by atoms with E-state index < -0.39 is 5.41 Å². The molecule has 0 aliphatic heterocycles. The van der Waals surface area contributed by atoms with Crippen LogP contribution >= 0.6 is 15.9 Å². The van der Waals surface area contributed by atoms with Gasteiger partial charge in [0.2, 0.25) is 0 Å². The van der Waals surface area contributed by atoms with Gasteiger partial charge in [-0.3, -0.25) is 4.57 Å². The molecule has 0 amide bonds. The maximum Gasteiger partial charge on any atom is 0.145 e. The van der Waals surface area contributed by atoms with E-state index in [1.165, 1.54) is 55.6 Å². The van der Waals surface area contributed by atoms with Gasteiger partial charge in [0.1, 0.15) is 5.82 Å². The molecule has 47 heavy (non-hydrogen) atoms. The van der Waals surface area contributed by atoms with Crippen molar-refractivity contribution in [1.29, 1.82) is 0 Å². The highest BCUT2D eigenvalue weighted by Crippen LogP contribution is 2.63. The summed E-state index contributed by atoms with van der Waals surface area (Å²) in [7, 11) is 0. The molecule has 2 aliphatic carbocycles. The van der Waals surface area contributed by atoms with Crippen LogP contribution in [0.2, 0.25) is 0 Å². The van der Waals surface area contributed by atoms with E-state index in [-0.39, 0.29) is 0 Å². The Morgan fingerprint density at radius 3 is 1.83 bits per heavy atom. The van der Waals surface area contributed by atoms with E-state index in [1.807, 2.05) is 0 Å². The van der Waals surface area contributed by atoms with E-state index in [4.69, 9.17) is 4.98 Å². The molecule has 0 N–H and O–H groups in total. The Balaban J connectivity index is 1.20. The maximum atomic E-state index is 5.15. The fraction of sp³-hybridized carbons (Fsp3) is 0.0227. The fourth-order valence-electron chi connectivity index (χ4n) is 8.19. The molecular weight excluding hydrogens is 636 g/mol. The molecule has 1 heterocycles. The molecule has 0 bridgehead atoms. The summed E-state index contributed by atoms with van der Waals surface area (Å²) in [5.74, 6) is 0.938. The summed E-state index contributed by atoms with van der Waals surface area (Å²) in [5.41, 5.74) is 16.8. The first-order chi connectivity index (χ1) is 23.2. The zero-order valence-corrected chi connectivity index (χ0v) is 26.9. The Morgan fingerprint density at radius 2 is 1.04 bits per heavy atom. The van der Waals surface area contributed by atoms with Gasteiger partial charge in [0.15, 0.2) is 0 Å². The number of nitrogens with zero attached hydrogens (tertiary/aromatic N) is 2. The van der Waals surface area contributed by atoms with Crippen LogP contribution in [0.5, 0.6) is 0 Å². The summed E-state index contributed by atoms with van der Waals surface area (Å²) < 4.78 is 3.37. The van der Waals surface area contributed by atoms with Gasteiger partial charge >= 0.3 is 0 Å². The summed E-state index contributed by atoms with van der Waals surface area (Å²) in [6, 6.07) is 59.5. The van der Waals surface area contributed by atoms with Gasteiger partial charge in [-0.2, -0.15) is 0 Å². The number of para-hydroxylation sites is 3. The Labute approximate surface area is 281 Å². The van der Waals surface area contributed by atoms with Crippen molar-refractivity contribution in [3.05, 3.63) is 191 Å². The Hall–Kier alpha value is -5.51. The van der Waals surface area contributed by atoms with Crippen LogP contribution in [0.3, 0.4) is 0 Å². The summed E-state index contributed by atoms with van der Waals surface area (Å²) in [6.07, 6.45) is 0. The van der Waals surface area contributed by atoms with Crippen LogP contribution < -0.4 is 0 Å². The highest BCUT2D eigenvalue weighted by molar-refractivity contribution is 9.10. The van der Waals surface area contributed by atoms with Crippen molar-refractivity contribution < 1.29 is 0 Å². The molecule has 7 aromatic carbocycles. The average molecular weight is 664 g/mol. The fourth-order valence-corrected chi connectivity index (χ4v) is 8.55. The van der Waals surface area contributed by atoms with E-state index in [2.05, 4.69) is 184 Å². The molecule has 2 nitrogen and oxygen atoms in total. The van der Waals surface area contributed by atoms with Crippen LogP contribution in [0.15, 0.2) is 168 Å². The van der Waals surface area contributed by atoms with E-state index >= 15 is 0 Å². The van der Waals surface area contributed by atoms with Crippen molar-refractivity contribution in [1.82, 2.24) is 9.55 Å². The molecule has 0 saturated carbocycles. The van der Waals surface area contributed by atoms with Crippen LogP contribution in [-0.2, 0) is 5.41 Å². The number of hydrogen-bond acceptors (Lipinski definition) is 1. The number of halogens is 1. The summed E-state index contributed by atoms with van der Waals surface area (Å²) in [6.45, 7) is 0. The number of imidazole rings is 1. The Kier molecular flexibility index (Phi) is 5.67. The first kappa shape index (κ1) is 26.7. The van der Waals surface area contributed by atoms with Gasteiger partial charge < -0.3 is 0 Å². The molecule has 1 aromatic heterocycles. The normalized spacial score (nSPS) is 13.4. The van der Waals surface area contributed by atoms with Crippen LogP contribution in [0, 0.1) is 0 Å². The van der Waals surface area contributed by atoms with E-state index in [0.29, 0.717) is 0 Å². The van der Waals surface area contributed by atoms with Crippen LogP contribution in [-0.4, -0.2) is 9.55 Å². The molecule has 220 valence electrons. The van der Waals surface area contributed by atoms with Gasteiger partial charge in [0.25, 0.3) is 0 Å². The third kappa shape index (κ3) is 3.69. The lowest BCUT2D eigenvalue weighted by molar-refractivity contribution is 0.793. The monoisotopic (exact) mass is 662 g/mol. The molecular formula is C44H27BrN2. The van der Waals surface area contributed by atoms with Crippen LogP contribution in [0.25, 0.3) is 61.5 Å². The second-order valence-corrected chi connectivity index (χ2v) is 13.4. The summed E-state index contributed by atoms with van der Waals surface area (Å²) in [5, 5.41) is 0. The third-order valence-corrected chi connectivity index (χ3v) is 10.6. The predicted molar refractivity (Wildman–Crippen MR) is 196 cm³/mol. The number of benzene rings is 7. The second kappa shape index (κ2) is 9.99. The quantitative estimate of drug-likeness (QED) is 0.184. The number of hydrogen-bond donors (Lipinski definition) is 0. The van der Waals surface area contributed by atoms with Crippen molar-refractivity contribution >= 4 is 27.0 Å². The summed E-state index contributed by atoms with van der Waals surface area (Å²) in [4.78, 5) is 5.15. The lowest BCUT2D eigenvalue weighted by Crippen LogP contribution is -2.25. The van der Waals surface area contributed by atoms with Gasteiger partial charge in [-0.05, 0) is 104 Å². The molecule has 0 unspecified atom stereocenters. The lowest BCUT2D eigenvalue weighted by Gasteiger charge is -2.30. The lowest BCUT2D eigenvalue weighted by atomic mass is 9.70. The maximum absolute atomic E-state index is 5.15. The molecule has 0 fully saturated rings. The Morgan fingerprint density at radius 1 is 0.447 bits per heavy atom. The standard InChI is InChI=1S/C44H27BrN2/c45-31-22-24-36-35-23-21-29(26-39(35)44(40(36)27-31)37-17-6-4-15-33(37)34-16-5-7-18-38(34)44)28-11-10-12-30(25-28)43-46-41-19-8-9-20-42(41)47(43)32-13-2-1-3-14-32/h1-27H. The topological polar surface area (TPSA) is 17.8 Å². The smallest absolute Gasteiger partial charge is 0.145 e. The molecule has 8 aromatic rings. The van der Waals surface area contributed by atoms with E-state index in [0.717, 1.165) is 32.6 Å². The highest BCUT2D eigenvalue weighted by atomic mass is 79.9. The predicted octanol–water partition coefficient (Wildman–Crippen LogP) is 11.5. The molecule has 1 spiro atoms. The number of fused-ring (bicyclic) bond motifs is 11. The van der Waals surface area contributed by atoms with Crippen molar-refractivity contribution in [2.24, 2.45) is 0 Å². The SMILES string of the molecule is Brc1ccc2c(c1)C1(c3ccccc3-c3ccccc31)c1cc(-c3cccc(-c4nc5ccccc5n4-c4ccccc4)c3)ccc1-2. The molecule has 0 radical (unpaired) electrons. The van der Waals surface area contributed by atoms with Gasteiger partial charge in [0, 0.05) is 15.7 Å². The van der Waals surface area contributed by atoms with E-state index in [1.54, 1.807) is 0 Å². The van der Waals surface area contributed by atoms with Crippen molar-refractivity contribution in [2.45, 2.75) is 5.41 Å². The molecule has 2 aliphatic rings. The minimum absolute atomic E-state index is 0.392. The average Bonchev–Trinajstić information content (AvgIpc) is 3.76. The van der Waals surface area contributed by atoms with Gasteiger partial charge in [-0.1, -0.05) is 131 Å². The Bertz CT molecular complexity index is 2500. The van der Waals surface area contributed by atoms with Crippen molar-refractivity contribution in [3.63, 3.8) is 0 Å². The second-order valence-electron chi connectivity index (χ2n) is 12.5. The number of aromatic nitrogens is 2. The molecule has 0 atom stereocenters. The largest absolute Gasteiger partial charge is 0.292 e. The molecule has 10 rings (SSSR count). The van der Waals surface area contributed by atoms with E-state index in [9.17, 15) is 0 Å². The van der Waals surface area contributed by atoms with Crippen LogP contribution in [0.4, 0.5) is 0 Å². The van der Waals surface area contributed by atoms with Crippen molar-refractivity contribution in [3.8, 4) is 50.5 Å². The first-order valence-electron chi connectivity index (χ1n) is 16.0. The number of rotatable bonds is 3. The van der Waals surface area contributed by atoms with Crippen LogP contribution in [0.1, 0.15) is 22.3 Å². The zero-order valence-electron chi connectivity index (χ0n) is 25.4. The minimum Gasteiger partial charge on any atom is -0.292 e. The minimum atomic E-state index is -0.392. The van der Waals surface area contributed by atoms with Gasteiger partial charge in [0.05, 0.1) is 16.4 Å². The van der Waals surface area contributed by atoms with Gasteiger partial charge in [-0.15, -0.1) is 0 Å². The molecule has 3 heteroatoms. The highest BCUT2D eigenvalue weighted by Gasteiger charge is 2.51. The first-order valence-corrected chi connectivity index (χ1v) is 16.8. The molecule has 0 saturated heterocycles.